The third-order valence-corrected chi connectivity index (χ3v) is 4.54. The fraction of sp³-hybridized carbons (Fsp3) is 0.250. The minimum atomic E-state index is -4.60. The molecule has 132 valence electrons. The fourth-order valence-corrected chi connectivity index (χ4v) is 3.64. The number of halogens is 8. The lowest BCUT2D eigenvalue weighted by atomic mass is 10.2. The van der Waals surface area contributed by atoms with Gasteiger partial charge < -0.3 is 5.32 Å². The van der Waals surface area contributed by atoms with E-state index in [0.717, 1.165) is 16.8 Å². The van der Waals surface area contributed by atoms with Crippen LogP contribution in [-0.2, 0) is 6.18 Å². The van der Waals surface area contributed by atoms with E-state index >= 15 is 0 Å². The van der Waals surface area contributed by atoms with E-state index < -0.39 is 15.7 Å². The lowest BCUT2D eigenvalue weighted by Gasteiger charge is -2.15. The first-order valence-electron chi connectivity index (χ1n) is 6.02. The molecule has 0 fully saturated rings. The van der Waals surface area contributed by atoms with Gasteiger partial charge in [0.1, 0.15) is 11.5 Å². The van der Waals surface area contributed by atoms with Crippen molar-refractivity contribution in [3.05, 3.63) is 33.9 Å². The van der Waals surface area contributed by atoms with Crippen LogP contribution in [0.25, 0.3) is 5.69 Å². The second-order valence-electron chi connectivity index (χ2n) is 4.35. The molecule has 0 spiro atoms. The second kappa shape index (κ2) is 6.99. The van der Waals surface area contributed by atoms with Crippen LogP contribution in [0.15, 0.2) is 23.2 Å². The third kappa shape index (κ3) is 4.35. The number of hydrogen-bond donors (Lipinski definition) is 1. The van der Waals surface area contributed by atoms with Gasteiger partial charge >= 0.3 is 10.1 Å². The first-order chi connectivity index (χ1) is 10.9. The predicted octanol–water partition coefficient (Wildman–Crippen LogP) is 6.39. The number of anilines is 1. The zero-order valence-corrected chi connectivity index (χ0v) is 15.4. The molecule has 2 rings (SSSR count). The molecule has 12 heteroatoms. The zero-order valence-electron chi connectivity index (χ0n) is 11.6. The van der Waals surface area contributed by atoms with Crippen LogP contribution < -0.4 is 5.32 Å². The molecular weight excluding hydrogens is 436 g/mol. The molecule has 0 aliphatic rings. The average Bonchev–Trinajstić information content (AvgIpc) is 2.77. The maximum absolute atomic E-state index is 13.4. The highest BCUT2D eigenvalue weighted by Crippen LogP contribution is 2.45. The van der Waals surface area contributed by atoms with E-state index in [1.54, 1.807) is 0 Å². The fourth-order valence-electron chi connectivity index (χ4n) is 1.86. The van der Waals surface area contributed by atoms with Crippen molar-refractivity contribution in [2.24, 2.45) is 0 Å². The van der Waals surface area contributed by atoms with Crippen molar-refractivity contribution < 1.29 is 17.6 Å². The summed E-state index contributed by atoms with van der Waals surface area (Å²) < 4.78 is 50.3. The molecule has 0 unspecified atom stereocenters. The summed E-state index contributed by atoms with van der Waals surface area (Å²) in [5.74, 6) is 0.201. The van der Waals surface area contributed by atoms with E-state index in [0.29, 0.717) is 11.8 Å². The number of aromatic nitrogens is 2. The Morgan fingerprint density at radius 3 is 2.08 bits per heavy atom. The van der Waals surface area contributed by atoms with Crippen molar-refractivity contribution in [2.75, 3.05) is 12.4 Å². The van der Waals surface area contributed by atoms with Gasteiger partial charge in [0, 0.05) is 7.05 Å². The van der Waals surface area contributed by atoms with E-state index in [1.165, 1.54) is 13.2 Å². The van der Waals surface area contributed by atoms with Crippen LogP contribution in [0, 0.1) is 0 Å². The summed E-state index contributed by atoms with van der Waals surface area (Å²) in [6, 6.07) is 1.44. The number of thioether (sulfide) groups is 1. The van der Waals surface area contributed by atoms with Crippen molar-refractivity contribution >= 4 is 64.0 Å². The monoisotopic (exact) mass is 441 g/mol. The SMILES string of the molecule is CNc1c(SC(F)(Cl)Cl)cnn1-c1c(Cl)cc(C(F)(F)F)cc1Cl. The summed E-state index contributed by atoms with van der Waals surface area (Å²) in [4.78, 5) is 0.206. The third-order valence-electron chi connectivity index (χ3n) is 2.75. The van der Waals surface area contributed by atoms with Gasteiger partial charge in [-0.05, 0) is 23.9 Å². The van der Waals surface area contributed by atoms with Crippen LogP contribution in [0.5, 0.6) is 0 Å². The second-order valence-corrected chi connectivity index (χ2v) is 8.06. The summed E-state index contributed by atoms with van der Waals surface area (Å²) in [5.41, 5.74) is -1.01. The lowest BCUT2D eigenvalue weighted by molar-refractivity contribution is -0.137. The van der Waals surface area contributed by atoms with Gasteiger partial charge in [-0.1, -0.05) is 46.4 Å². The molecule has 0 amide bonds. The quantitative estimate of drug-likeness (QED) is 0.338. The predicted molar refractivity (Wildman–Crippen MR) is 89.5 cm³/mol. The standard InChI is InChI=1S/C12H7Cl4F4N3S/c1-21-10-8(24-12(15,16)20)4-22-23(10)9-6(13)2-5(3-7(9)14)11(17,18)19/h2-4,21H,1H3. The molecule has 0 bridgehead atoms. The van der Waals surface area contributed by atoms with Gasteiger partial charge in [-0.15, -0.1) is 0 Å². The van der Waals surface area contributed by atoms with E-state index in [2.05, 4.69) is 10.4 Å². The Morgan fingerprint density at radius 2 is 1.67 bits per heavy atom. The molecule has 0 atom stereocenters. The van der Waals surface area contributed by atoms with Gasteiger partial charge in [0.15, 0.2) is 0 Å². The molecule has 1 N–H and O–H groups in total. The molecule has 1 heterocycles. The summed E-state index contributed by atoms with van der Waals surface area (Å²) in [6.45, 7) is 0. The molecule has 1 aromatic heterocycles. The van der Waals surface area contributed by atoms with Crippen molar-refractivity contribution in [3.8, 4) is 5.69 Å². The van der Waals surface area contributed by atoms with Crippen LogP contribution in [0.1, 0.15) is 5.56 Å². The number of rotatable bonds is 4. The molecule has 0 saturated carbocycles. The van der Waals surface area contributed by atoms with Crippen LogP contribution >= 0.6 is 58.2 Å². The smallest absolute Gasteiger partial charge is 0.372 e. The maximum Gasteiger partial charge on any atom is 0.416 e. The van der Waals surface area contributed by atoms with Crippen LogP contribution in [-0.4, -0.2) is 20.7 Å². The Morgan fingerprint density at radius 1 is 1.12 bits per heavy atom. The van der Waals surface area contributed by atoms with Gasteiger partial charge in [-0.3, -0.25) is 0 Å². The Bertz CT molecular complexity index is 735. The number of nitrogens with zero attached hydrogens (tertiary/aromatic N) is 2. The first kappa shape index (κ1) is 19.8. The van der Waals surface area contributed by atoms with Gasteiger partial charge in [0.2, 0.25) is 0 Å². The normalized spacial score (nSPS) is 12.5. The van der Waals surface area contributed by atoms with E-state index in [4.69, 9.17) is 46.4 Å². The Kier molecular flexibility index (Phi) is 5.76. The first-order valence-corrected chi connectivity index (χ1v) is 8.35. The lowest BCUT2D eigenvalue weighted by Crippen LogP contribution is -2.09. The van der Waals surface area contributed by atoms with Gasteiger partial charge in [-0.2, -0.15) is 22.7 Å². The molecule has 0 aliphatic heterocycles. The summed E-state index contributed by atoms with van der Waals surface area (Å²) >= 11 is 22.9. The highest BCUT2D eigenvalue weighted by atomic mass is 35.5. The largest absolute Gasteiger partial charge is 0.416 e. The molecule has 0 radical (unpaired) electrons. The van der Waals surface area contributed by atoms with Gasteiger partial charge in [-0.25, -0.2) is 4.68 Å². The summed E-state index contributed by atoms with van der Waals surface area (Å²) in [7, 11) is 1.49. The topological polar surface area (TPSA) is 29.9 Å². The van der Waals surface area contributed by atoms with Gasteiger partial charge in [0.25, 0.3) is 0 Å². The Balaban J connectivity index is 2.57. The zero-order chi connectivity index (χ0) is 18.3. The van der Waals surface area contributed by atoms with Crippen LogP contribution in [0.2, 0.25) is 10.0 Å². The number of hydrogen-bond acceptors (Lipinski definition) is 3. The minimum Gasteiger partial charge on any atom is -0.372 e. The maximum atomic E-state index is 13.4. The molecule has 3 nitrogen and oxygen atoms in total. The summed E-state index contributed by atoms with van der Waals surface area (Å²) in [5, 5.41) is 6.11. The van der Waals surface area contributed by atoms with Gasteiger partial charge in [0.05, 0.1) is 26.7 Å². The van der Waals surface area contributed by atoms with E-state index in [1.807, 2.05) is 0 Å². The Labute approximate surface area is 158 Å². The molecule has 24 heavy (non-hydrogen) atoms. The molecule has 1 aromatic carbocycles. The number of alkyl halides is 6. The molecular formula is C12H7Cl4F4N3S. The Hall–Kier alpha value is -0.540. The van der Waals surface area contributed by atoms with Crippen molar-refractivity contribution in [3.63, 3.8) is 0 Å². The molecule has 0 aliphatic carbocycles. The number of benzene rings is 1. The molecule has 2 aromatic rings. The van der Waals surface area contributed by atoms with E-state index in [-0.39, 0.29) is 26.4 Å². The number of nitrogens with one attached hydrogen (secondary N) is 1. The van der Waals surface area contributed by atoms with Crippen molar-refractivity contribution in [1.82, 2.24) is 9.78 Å². The minimum absolute atomic E-state index is 0.00358. The molecule has 0 saturated heterocycles. The van der Waals surface area contributed by atoms with Crippen molar-refractivity contribution in [2.45, 2.75) is 15.0 Å². The highest BCUT2D eigenvalue weighted by Gasteiger charge is 2.33. The van der Waals surface area contributed by atoms with E-state index in [9.17, 15) is 17.6 Å². The average molecular weight is 443 g/mol. The van der Waals surface area contributed by atoms with Crippen LogP contribution in [0.3, 0.4) is 0 Å². The highest BCUT2D eigenvalue weighted by molar-refractivity contribution is 8.03. The summed E-state index contributed by atoms with van der Waals surface area (Å²) in [6.07, 6.45) is -3.38. The van der Waals surface area contributed by atoms with Crippen molar-refractivity contribution in [1.29, 1.82) is 0 Å². The van der Waals surface area contributed by atoms with Crippen LogP contribution in [0.4, 0.5) is 23.4 Å².